The Kier molecular flexibility index (Phi) is 5.67. The molecule has 3 aromatic rings. The molecule has 1 unspecified atom stereocenters. The molecule has 1 aromatic heterocycles. The minimum absolute atomic E-state index is 0.0201. The summed E-state index contributed by atoms with van der Waals surface area (Å²) in [5, 5.41) is 4.46. The number of rotatable bonds is 4. The van der Waals surface area contributed by atoms with Gasteiger partial charge in [0.1, 0.15) is 5.75 Å². The zero-order chi connectivity index (χ0) is 21.4. The summed E-state index contributed by atoms with van der Waals surface area (Å²) in [6.07, 6.45) is 3.12. The molecular formula is C25H29N3O2S. The zero-order valence-electron chi connectivity index (χ0n) is 18.2. The second kappa shape index (κ2) is 8.60. The number of benzene rings is 2. The van der Waals surface area contributed by atoms with Crippen LogP contribution in [0.4, 0.5) is 0 Å². The number of ether oxygens (including phenoxy) is 1. The summed E-state index contributed by atoms with van der Waals surface area (Å²) >= 11 is 1.78. The van der Waals surface area contributed by atoms with Crippen molar-refractivity contribution in [3.8, 4) is 5.75 Å². The van der Waals surface area contributed by atoms with E-state index in [0.717, 1.165) is 58.7 Å². The number of aryl methyl sites for hydroxylation is 1. The smallest absolute Gasteiger partial charge is 0.252 e. The topological polar surface area (TPSA) is 54.5 Å². The summed E-state index contributed by atoms with van der Waals surface area (Å²) in [6, 6.07) is 11.9. The maximum Gasteiger partial charge on any atom is 0.252 e. The fourth-order valence-electron chi connectivity index (χ4n) is 4.79. The lowest BCUT2D eigenvalue weighted by molar-refractivity contribution is 0.0924. The minimum Gasteiger partial charge on any atom is -0.493 e. The number of nitrogens with one attached hydrogen (secondary N) is 1. The van der Waals surface area contributed by atoms with Crippen LogP contribution in [0.3, 0.4) is 0 Å². The Morgan fingerprint density at radius 3 is 2.81 bits per heavy atom. The van der Waals surface area contributed by atoms with Crippen LogP contribution in [0.15, 0.2) is 36.4 Å². The van der Waals surface area contributed by atoms with Gasteiger partial charge in [-0.05, 0) is 63.2 Å². The summed E-state index contributed by atoms with van der Waals surface area (Å²) in [5.74, 6) is 1.38. The first kappa shape index (κ1) is 20.5. The number of carbonyl (C=O) groups is 1. The van der Waals surface area contributed by atoms with E-state index in [2.05, 4.69) is 24.1 Å². The van der Waals surface area contributed by atoms with Crippen LogP contribution in [0.2, 0.25) is 0 Å². The summed E-state index contributed by atoms with van der Waals surface area (Å²) in [6.45, 7) is 8.33. The van der Waals surface area contributed by atoms with Crippen molar-refractivity contribution in [3.63, 3.8) is 0 Å². The van der Waals surface area contributed by atoms with Crippen molar-refractivity contribution < 1.29 is 9.53 Å². The predicted octanol–water partition coefficient (Wildman–Crippen LogP) is 5.06. The third kappa shape index (κ3) is 3.94. The monoisotopic (exact) mass is 435 g/mol. The molecule has 31 heavy (non-hydrogen) atoms. The Bertz CT molecular complexity index is 1100. The highest BCUT2D eigenvalue weighted by Gasteiger charge is 2.26. The molecule has 1 fully saturated rings. The van der Waals surface area contributed by atoms with Crippen LogP contribution in [-0.2, 0) is 0 Å². The molecule has 6 heteroatoms. The number of nitrogens with zero attached hydrogens (tertiary/aromatic N) is 2. The predicted molar refractivity (Wildman–Crippen MR) is 125 cm³/mol. The van der Waals surface area contributed by atoms with Crippen LogP contribution in [-0.4, -0.2) is 42.0 Å². The lowest BCUT2D eigenvalue weighted by Crippen LogP contribution is -2.32. The van der Waals surface area contributed by atoms with Crippen LogP contribution in [0.1, 0.15) is 64.6 Å². The normalized spacial score (nSPS) is 19.7. The number of thiazole rings is 1. The first-order chi connectivity index (χ1) is 15.1. The largest absolute Gasteiger partial charge is 0.493 e. The molecule has 162 valence electrons. The number of hydrogen-bond acceptors (Lipinski definition) is 5. The quantitative estimate of drug-likeness (QED) is 0.623. The van der Waals surface area contributed by atoms with E-state index in [1.54, 1.807) is 11.3 Å². The van der Waals surface area contributed by atoms with E-state index in [1.807, 2.05) is 36.4 Å². The molecule has 2 aliphatic rings. The molecule has 1 atom stereocenters. The molecule has 1 saturated heterocycles. The molecule has 0 saturated carbocycles. The molecule has 2 aliphatic heterocycles. The van der Waals surface area contributed by atoms with Crippen molar-refractivity contribution in [2.45, 2.75) is 45.1 Å². The number of aromatic nitrogens is 1. The summed E-state index contributed by atoms with van der Waals surface area (Å²) in [7, 11) is 0. The van der Waals surface area contributed by atoms with Gasteiger partial charge in [-0.25, -0.2) is 4.98 Å². The summed E-state index contributed by atoms with van der Waals surface area (Å²) in [4.78, 5) is 20.6. The molecule has 2 aromatic carbocycles. The molecule has 5 rings (SSSR count). The molecule has 0 radical (unpaired) electrons. The lowest BCUT2D eigenvalue weighted by Gasteiger charge is -2.29. The zero-order valence-corrected chi connectivity index (χ0v) is 19.0. The number of para-hydroxylation sites is 1. The summed E-state index contributed by atoms with van der Waals surface area (Å²) in [5.41, 5.74) is 3.85. The molecular weight excluding hydrogens is 406 g/mol. The van der Waals surface area contributed by atoms with Crippen LogP contribution < -0.4 is 10.1 Å². The van der Waals surface area contributed by atoms with Gasteiger partial charge in [0, 0.05) is 23.5 Å². The highest BCUT2D eigenvalue weighted by atomic mass is 32.1. The van der Waals surface area contributed by atoms with Crippen LogP contribution in [0.25, 0.3) is 10.2 Å². The van der Waals surface area contributed by atoms with E-state index in [4.69, 9.17) is 9.72 Å². The second-order valence-electron chi connectivity index (χ2n) is 8.55. The van der Waals surface area contributed by atoms with Gasteiger partial charge in [0.05, 0.1) is 27.9 Å². The van der Waals surface area contributed by atoms with Crippen molar-refractivity contribution in [3.05, 3.63) is 58.1 Å². The van der Waals surface area contributed by atoms with E-state index >= 15 is 0 Å². The second-order valence-corrected chi connectivity index (χ2v) is 9.58. The standard InChI is InChI=1S/C25H29N3O2S/c1-3-28-13-10-17(11-14-28)25-27-21-9-8-18(16(2)23(21)31-25)24(29)26-20-12-15-30-22-7-5-4-6-19(20)22/h4-9,17,20H,3,10-15H2,1-2H3,(H,26,29). The number of likely N-dealkylation sites (tertiary alicyclic amines) is 1. The molecule has 1 amide bonds. The third-order valence-corrected chi connectivity index (χ3v) is 8.07. The first-order valence-corrected chi connectivity index (χ1v) is 12.1. The Morgan fingerprint density at radius 2 is 2.00 bits per heavy atom. The van der Waals surface area contributed by atoms with Gasteiger partial charge in [-0.1, -0.05) is 25.1 Å². The van der Waals surface area contributed by atoms with E-state index in [-0.39, 0.29) is 11.9 Å². The minimum atomic E-state index is -0.0210. The fourth-order valence-corrected chi connectivity index (χ4v) is 6.02. The van der Waals surface area contributed by atoms with Crippen LogP contribution >= 0.6 is 11.3 Å². The average Bonchev–Trinajstić information content (AvgIpc) is 3.25. The molecule has 1 N–H and O–H groups in total. The molecule has 5 nitrogen and oxygen atoms in total. The Morgan fingerprint density at radius 1 is 1.19 bits per heavy atom. The van der Waals surface area contributed by atoms with Gasteiger partial charge in [-0.15, -0.1) is 11.3 Å². The van der Waals surface area contributed by atoms with Crippen LogP contribution in [0.5, 0.6) is 5.75 Å². The van der Waals surface area contributed by atoms with Gasteiger partial charge in [0.2, 0.25) is 0 Å². The number of amides is 1. The van der Waals surface area contributed by atoms with Gasteiger partial charge in [0.15, 0.2) is 0 Å². The number of carbonyl (C=O) groups excluding carboxylic acids is 1. The van der Waals surface area contributed by atoms with E-state index < -0.39 is 0 Å². The average molecular weight is 436 g/mol. The van der Waals surface area contributed by atoms with Gasteiger partial charge in [0.25, 0.3) is 5.91 Å². The van der Waals surface area contributed by atoms with Crippen molar-refractivity contribution in [1.29, 1.82) is 0 Å². The molecule has 0 bridgehead atoms. The number of fused-ring (bicyclic) bond motifs is 2. The van der Waals surface area contributed by atoms with Gasteiger partial charge < -0.3 is 15.0 Å². The van der Waals surface area contributed by atoms with Crippen molar-refractivity contribution in [1.82, 2.24) is 15.2 Å². The highest BCUT2D eigenvalue weighted by molar-refractivity contribution is 7.18. The lowest BCUT2D eigenvalue weighted by atomic mass is 9.97. The highest BCUT2D eigenvalue weighted by Crippen LogP contribution is 2.36. The maximum absolute atomic E-state index is 13.2. The SMILES string of the molecule is CCN1CCC(c2nc3ccc(C(=O)NC4CCOc5ccccc54)c(C)c3s2)CC1. The van der Waals surface area contributed by atoms with Crippen molar-refractivity contribution >= 4 is 27.5 Å². The Balaban J connectivity index is 1.37. The van der Waals surface area contributed by atoms with Crippen LogP contribution in [0, 0.1) is 6.92 Å². The van der Waals surface area contributed by atoms with Gasteiger partial charge in [-0.2, -0.15) is 0 Å². The van der Waals surface area contributed by atoms with Crippen molar-refractivity contribution in [2.75, 3.05) is 26.2 Å². The molecule has 3 heterocycles. The number of hydrogen-bond donors (Lipinski definition) is 1. The molecule has 0 spiro atoms. The van der Waals surface area contributed by atoms with Gasteiger partial charge in [-0.3, -0.25) is 4.79 Å². The Labute approximate surface area is 187 Å². The first-order valence-electron chi connectivity index (χ1n) is 11.3. The number of piperidine rings is 1. The van der Waals surface area contributed by atoms with Gasteiger partial charge >= 0.3 is 0 Å². The third-order valence-electron chi connectivity index (χ3n) is 6.71. The summed E-state index contributed by atoms with van der Waals surface area (Å²) < 4.78 is 6.88. The molecule has 0 aliphatic carbocycles. The van der Waals surface area contributed by atoms with E-state index in [0.29, 0.717) is 12.5 Å². The fraction of sp³-hybridized carbons (Fsp3) is 0.440. The van der Waals surface area contributed by atoms with E-state index in [1.165, 1.54) is 17.8 Å². The maximum atomic E-state index is 13.2. The van der Waals surface area contributed by atoms with Crippen molar-refractivity contribution in [2.24, 2.45) is 0 Å². The Hall–Kier alpha value is -2.44. The van der Waals surface area contributed by atoms with E-state index in [9.17, 15) is 4.79 Å².